The molecule has 3 N–H and O–H groups in total. The Labute approximate surface area is 82.9 Å². The summed E-state index contributed by atoms with van der Waals surface area (Å²) in [5.41, 5.74) is 3.80. The van der Waals surface area contributed by atoms with Crippen LogP contribution in [-0.2, 0) is 0 Å². The standard InChI is InChI=1S/C10H14N4/c11-14-9-5-8(6-1-2-6)12-10(13-9)7-3-4-7/h5-7H,1-4,11H2,(H,12,13,14). The van der Waals surface area contributed by atoms with E-state index in [-0.39, 0.29) is 0 Å². The van der Waals surface area contributed by atoms with Gasteiger partial charge in [-0.15, -0.1) is 0 Å². The van der Waals surface area contributed by atoms with E-state index in [0.717, 1.165) is 11.6 Å². The topological polar surface area (TPSA) is 63.8 Å². The first kappa shape index (κ1) is 8.17. The summed E-state index contributed by atoms with van der Waals surface area (Å²) in [4.78, 5) is 8.98. The second-order valence-corrected chi connectivity index (χ2v) is 4.23. The Hall–Kier alpha value is -1.16. The Bertz CT molecular complexity index is 325. The molecule has 74 valence electrons. The lowest BCUT2D eigenvalue weighted by Crippen LogP contribution is -2.11. The Morgan fingerprint density at radius 1 is 1.14 bits per heavy atom. The van der Waals surface area contributed by atoms with Crippen molar-refractivity contribution in [1.82, 2.24) is 9.97 Å². The minimum atomic E-state index is 0.598. The minimum absolute atomic E-state index is 0.598. The second kappa shape index (κ2) is 2.92. The van der Waals surface area contributed by atoms with Gasteiger partial charge in [0.2, 0.25) is 0 Å². The molecule has 2 aliphatic rings. The van der Waals surface area contributed by atoms with Crippen molar-refractivity contribution < 1.29 is 0 Å². The maximum absolute atomic E-state index is 5.39. The molecule has 0 saturated heterocycles. The van der Waals surface area contributed by atoms with E-state index in [2.05, 4.69) is 15.4 Å². The van der Waals surface area contributed by atoms with Gasteiger partial charge in [-0.3, -0.25) is 0 Å². The first-order valence-corrected chi connectivity index (χ1v) is 5.22. The van der Waals surface area contributed by atoms with Crippen molar-refractivity contribution in [3.8, 4) is 0 Å². The molecule has 3 rings (SSSR count). The Balaban J connectivity index is 1.97. The molecule has 4 nitrogen and oxygen atoms in total. The molecule has 0 bridgehead atoms. The summed E-state index contributed by atoms with van der Waals surface area (Å²) in [5.74, 6) is 8.41. The van der Waals surface area contributed by atoms with E-state index in [1.54, 1.807) is 0 Å². The monoisotopic (exact) mass is 190 g/mol. The molecule has 0 aliphatic heterocycles. The minimum Gasteiger partial charge on any atom is -0.308 e. The molecule has 2 saturated carbocycles. The van der Waals surface area contributed by atoms with Crippen LogP contribution < -0.4 is 11.3 Å². The van der Waals surface area contributed by atoms with Gasteiger partial charge >= 0.3 is 0 Å². The largest absolute Gasteiger partial charge is 0.308 e. The van der Waals surface area contributed by atoms with E-state index in [4.69, 9.17) is 5.84 Å². The molecule has 2 aliphatic carbocycles. The second-order valence-electron chi connectivity index (χ2n) is 4.23. The zero-order valence-electron chi connectivity index (χ0n) is 8.03. The van der Waals surface area contributed by atoms with Crippen LogP contribution in [0.1, 0.15) is 49.0 Å². The smallest absolute Gasteiger partial charge is 0.143 e. The van der Waals surface area contributed by atoms with Crippen LogP contribution in [-0.4, -0.2) is 9.97 Å². The van der Waals surface area contributed by atoms with Crippen LogP contribution in [0.3, 0.4) is 0 Å². The molecule has 4 heteroatoms. The molecule has 0 unspecified atom stereocenters. The van der Waals surface area contributed by atoms with Gasteiger partial charge in [0.15, 0.2) is 0 Å². The number of nitrogen functional groups attached to an aromatic ring is 1. The summed E-state index contributed by atoms with van der Waals surface area (Å²) >= 11 is 0. The van der Waals surface area contributed by atoms with Crippen LogP contribution in [0.4, 0.5) is 5.82 Å². The molecule has 1 aromatic heterocycles. The lowest BCUT2D eigenvalue weighted by atomic mass is 10.2. The highest BCUT2D eigenvalue weighted by Crippen LogP contribution is 2.42. The van der Waals surface area contributed by atoms with Crippen LogP contribution in [0.15, 0.2) is 6.07 Å². The fraction of sp³-hybridized carbons (Fsp3) is 0.600. The normalized spacial score (nSPS) is 20.9. The molecule has 0 amide bonds. The highest BCUT2D eigenvalue weighted by atomic mass is 15.3. The number of anilines is 1. The molecule has 0 aromatic carbocycles. The molecule has 2 fully saturated rings. The number of nitrogens with one attached hydrogen (secondary N) is 1. The first-order valence-electron chi connectivity index (χ1n) is 5.22. The summed E-state index contributed by atoms with van der Waals surface area (Å²) in [5, 5.41) is 0. The summed E-state index contributed by atoms with van der Waals surface area (Å²) in [6, 6.07) is 1.98. The maximum atomic E-state index is 5.39. The van der Waals surface area contributed by atoms with Gasteiger partial charge in [0, 0.05) is 23.6 Å². The number of hydrogen-bond donors (Lipinski definition) is 2. The number of nitrogens with two attached hydrogens (primary N) is 1. The van der Waals surface area contributed by atoms with Crippen molar-refractivity contribution >= 4 is 5.82 Å². The zero-order chi connectivity index (χ0) is 9.54. The number of rotatable bonds is 3. The van der Waals surface area contributed by atoms with Gasteiger partial charge in [-0.2, -0.15) is 0 Å². The first-order chi connectivity index (χ1) is 6.86. The maximum Gasteiger partial charge on any atom is 0.143 e. The van der Waals surface area contributed by atoms with Crippen LogP contribution in [0.25, 0.3) is 0 Å². The van der Waals surface area contributed by atoms with Crippen LogP contribution in [0.5, 0.6) is 0 Å². The summed E-state index contributed by atoms with van der Waals surface area (Å²) in [7, 11) is 0. The van der Waals surface area contributed by atoms with Crippen molar-refractivity contribution in [2.24, 2.45) is 5.84 Å². The summed E-state index contributed by atoms with van der Waals surface area (Å²) < 4.78 is 0. The fourth-order valence-electron chi connectivity index (χ4n) is 1.67. The van der Waals surface area contributed by atoms with Gasteiger partial charge in [-0.1, -0.05) is 0 Å². The fourth-order valence-corrected chi connectivity index (χ4v) is 1.67. The average Bonchev–Trinajstić information content (AvgIpc) is 3.07. The van der Waals surface area contributed by atoms with Crippen molar-refractivity contribution in [1.29, 1.82) is 0 Å². The predicted octanol–water partition coefficient (Wildman–Crippen LogP) is 1.52. The molecule has 1 aromatic rings. The van der Waals surface area contributed by atoms with Crippen molar-refractivity contribution in [2.45, 2.75) is 37.5 Å². The third kappa shape index (κ3) is 1.46. The van der Waals surface area contributed by atoms with Crippen LogP contribution >= 0.6 is 0 Å². The number of hydrazine groups is 1. The Morgan fingerprint density at radius 3 is 2.43 bits per heavy atom. The Kier molecular flexibility index (Phi) is 1.70. The van der Waals surface area contributed by atoms with E-state index in [0.29, 0.717) is 11.8 Å². The number of nitrogens with zero attached hydrogens (tertiary/aromatic N) is 2. The van der Waals surface area contributed by atoms with Gasteiger partial charge in [0.25, 0.3) is 0 Å². The number of aromatic nitrogens is 2. The van der Waals surface area contributed by atoms with E-state index < -0.39 is 0 Å². The molecular weight excluding hydrogens is 176 g/mol. The average molecular weight is 190 g/mol. The third-order valence-corrected chi connectivity index (χ3v) is 2.85. The van der Waals surface area contributed by atoms with Crippen LogP contribution in [0.2, 0.25) is 0 Å². The van der Waals surface area contributed by atoms with Gasteiger partial charge < -0.3 is 5.43 Å². The van der Waals surface area contributed by atoms with Gasteiger partial charge in [0.05, 0.1) is 0 Å². The molecule has 0 spiro atoms. The van der Waals surface area contributed by atoms with Gasteiger partial charge in [-0.25, -0.2) is 15.8 Å². The lowest BCUT2D eigenvalue weighted by molar-refractivity contribution is 0.873. The van der Waals surface area contributed by atoms with Crippen molar-refractivity contribution in [3.05, 3.63) is 17.6 Å². The molecule has 0 radical (unpaired) electrons. The van der Waals surface area contributed by atoms with Crippen LogP contribution in [0, 0.1) is 0 Å². The van der Waals surface area contributed by atoms with E-state index in [1.807, 2.05) is 6.07 Å². The molecule has 1 heterocycles. The SMILES string of the molecule is NNc1cc(C2CC2)nc(C2CC2)n1. The number of hydrogen-bond acceptors (Lipinski definition) is 4. The summed E-state index contributed by atoms with van der Waals surface area (Å²) in [6.45, 7) is 0. The zero-order valence-corrected chi connectivity index (χ0v) is 8.03. The van der Waals surface area contributed by atoms with Crippen molar-refractivity contribution in [3.63, 3.8) is 0 Å². The molecular formula is C10H14N4. The summed E-state index contributed by atoms with van der Waals surface area (Å²) in [6.07, 6.45) is 5.01. The van der Waals surface area contributed by atoms with E-state index in [1.165, 1.54) is 31.4 Å². The van der Waals surface area contributed by atoms with Crippen molar-refractivity contribution in [2.75, 3.05) is 5.43 Å². The third-order valence-electron chi connectivity index (χ3n) is 2.85. The van der Waals surface area contributed by atoms with Gasteiger partial charge in [-0.05, 0) is 25.7 Å². The highest BCUT2D eigenvalue weighted by Gasteiger charge is 2.30. The quantitative estimate of drug-likeness (QED) is 0.560. The van der Waals surface area contributed by atoms with E-state index >= 15 is 0 Å². The molecule has 0 atom stereocenters. The highest BCUT2D eigenvalue weighted by molar-refractivity contribution is 5.37. The lowest BCUT2D eigenvalue weighted by Gasteiger charge is -2.05. The Morgan fingerprint density at radius 2 is 1.86 bits per heavy atom. The van der Waals surface area contributed by atoms with Gasteiger partial charge in [0.1, 0.15) is 11.6 Å². The van der Waals surface area contributed by atoms with E-state index in [9.17, 15) is 0 Å². The predicted molar refractivity (Wildman–Crippen MR) is 53.8 cm³/mol. The molecule has 14 heavy (non-hydrogen) atoms.